The van der Waals surface area contributed by atoms with Crippen LogP contribution in [0.5, 0.6) is 0 Å². The number of amides is 2. The van der Waals surface area contributed by atoms with Gasteiger partial charge in [0.15, 0.2) is 5.65 Å². The highest BCUT2D eigenvalue weighted by Crippen LogP contribution is 2.29. The minimum absolute atomic E-state index is 0.0210. The van der Waals surface area contributed by atoms with E-state index in [0.29, 0.717) is 5.92 Å². The van der Waals surface area contributed by atoms with Crippen LogP contribution in [0.25, 0.3) is 22.2 Å². The van der Waals surface area contributed by atoms with Crippen molar-refractivity contribution in [3.63, 3.8) is 0 Å². The van der Waals surface area contributed by atoms with Crippen molar-refractivity contribution >= 4 is 17.1 Å². The molecule has 1 aliphatic rings. The highest BCUT2D eigenvalue weighted by atomic mass is 16.2. The first-order chi connectivity index (χ1) is 13.9. The molecule has 6 heteroatoms. The molecule has 3 aromatic rings. The second-order valence-corrected chi connectivity index (χ2v) is 8.68. The molecule has 1 fully saturated rings. The Morgan fingerprint density at radius 1 is 1.07 bits per heavy atom. The number of carbonyl (C=O) groups is 1. The van der Waals surface area contributed by atoms with Crippen LogP contribution < -0.4 is 5.32 Å². The fraction of sp³-hybridized carbons (Fsp3) is 0.391. The van der Waals surface area contributed by atoms with Crippen LogP contribution in [-0.2, 0) is 0 Å². The first kappa shape index (κ1) is 19.3. The topological polar surface area (TPSA) is 71.0 Å². The molecule has 1 saturated heterocycles. The van der Waals surface area contributed by atoms with E-state index in [2.05, 4.69) is 33.5 Å². The Morgan fingerprint density at radius 2 is 1.79 bits per heavy atom. The van der Waals surface area contributed by atoms with Crippen LogP contribution >= 0.6 is 0 Å². The van der Waals surface area contributed by atoms with E-state index in [9.17, 15) is 4.79 Å². The zero-order chi connectivity index (χ0) is 20.4. The Kier molecular flexibility index (Phi) is 5.18. The summed E-state index contributed by atoms with van der Waals surface area (Å²) in [5.41, 5.74) is 3.78. The summed E-state index contributed by atoms with van der Waals surface area (Å²) in [6.45, 7) is 7.51. The molecule has 0 unspecified atom stereocenters. The molecule has 6 nitrogen and oxygen atoms in total. The van der Waals surface area contributed by atoms with Gasteiger partial charge >= 0.3 is 6.03 Å². The molecule has 4 rings (SSSR count). The van der Waals surface area contributed by atoms with Gasteiger partial charge in [0.1, 0.15) is 0 Å². The normalized spacial score (nSPS) is 15.5. The molecule has 1 N–H and O–H groups in total. The Balaban J connectivity index is 1.46. The lowest BCUT2D eigenvalue weighted by molar-refractivity contribution is 0.172. The molecule has 0 bridgehead atoms. The van der Waals surface area contributed by atoms with E-state index >= 15 is 0 Å². The van der Waals surface area contributed by atoms with Crippen LogP contribution in [0.3, 0.4) is 0 Å². The van der Waals surface area contributed by atoms with Crippen molar-refractivity contribution in [1.29, 1.82) is 0 Å². The van der Waals surface area contributed by atoms with Gasteiger partial charge in [-0.15, -0.1) is 0 Å². The molecule has 2 amide bonds. The Morgan fingerprint density at radius 3 is 2.48 bits per heavy atom. The van der Waals surface area contributed by atoms with E-state index in [4.69, 9.17) is 4.98 Å². The maximum atomic E-state index is 12.4. The first-order valence-electron chi connectivity index (χ1n) is 10.1. The number of likely N-dealkylation sites (tertiary alicyclic amines) is 1. The molecule has 3 aromatic heterocycles. The molecule has 0 spiro atoms. The van der Waals surface area contributed by atoms with Crippen LogP contribution in [0.15, 0.2) is 48.9 Å². The maximum Gasteiger partial charge on any atom is 0.317 e. The van der Waals surface area contributed by atoms with Gasteiger partial charge in [0.25, 0.3) is 0 Å². The molecule has 150 valence electrons. The summed E-state index contributed by atoms with van der Waals surface area (Å²) in [6, 6.07) is 10.3. The van der Waals surface area contributed by atoms with Crippen LogP contribution in [0.1, 0.15) is 45.2 Å². The number of fused-ring (bicyclic) bond motifs is 1. The van der Waals surface area contributed by atoms with Crippen molar-refractivity contribution in [2.75, 3.05) is 13.1 Å². The van der Waals surface area contributed by atoms with Gasteiger partial charge in [-0.1, -0.05) is 0 Å². The van der Waals surface area contributed by atoms with Crippen LogP contribution in [0.4, 0.5) is 4.79 Å². The van der Waals surface area contributed by atoms with Gasteiger partial charge < -0.3 is 10.2 Å². The van der Waals surface area contributed by atoms with Crippen molar-refractivity contribution < 1.29 is 4.79 Å². The van der Waals surface area contributed by atoms with Crippen molar-refractivity contribution in [3.05, 3.63) is 54.6 Å². The number of nitrogens with one attached hydrogen (secondary N) is 1. The monoisotopic (exact) mass is 389 g/mol. The zero-order valence-electron chi connectivity index (χ0n) is 17.2. The number of urea groups is 1. The smallest absolute Gasteiger partial charge is 0.317 e. The van der Waals surface area contributed by atoms with E-state index in [1.807, 2.05) is 44.0 Å². The first-order valence-corrected chi connectivity index (χ1v) is 10.1. The minimum Gasteiger partial charge on any atom is -0.333 e. The number of piperidine rings is 1. The van der Waals surface area contributed by atoms with E-state index < -0.39 is 0 Å². The second kappa shape index (κ2) is 7.78. The van der Waals surface area contributed by atoms with Gasteiger partial charge in [0.05, 0.1) is 0 Å². The van der Waals surface area contributed by atoms with Gasteiger partial charge in [-0.25, -0.2) is 14.8 Å². The van der Waals surface area contributed by atoms with Crippen molar-refractivity contribution in [3.8, 4) is 11.1 Å². The average Bonchev–Trinajstić information content (AvgIpc) is 2.72. The Hall–Kier alpha value is -3.02. The van der Waals surface area contributed by atoms with Gasteiger partial charge in [0.2, 0.25) is 0 Å². The summed E-state index contributed by atoms with van der Waals surface area (Å²) in [4.78, 5) is 27.8. The molecule has 0 saturated carbocycles. The fourth-order valence-corrected chi connectivity index (χ4v) is 3.73. The lowest BCUT2D eigenvalue weighted by Gasteiger charge is -2.34. The van der Waals surface area contributed by atoms with Gasteiger partial charge in [0, 0.05) is 59.8 Å². The number of rotatable bonds is 2. The van der Waals surface area contributed by atoms with Gasteiger partial charge in [-0.2, -0.15) is 0 Å². The minimum atomic E-state index is -0.214. The quantitative estimate of drug-likeness (QED) is 0.706. The number of hydrogen-bond acceptors (Lipinski definition) is 4. The Bertz CT molecular complexity index is 1000. The van der Waals surface area contributed by atoms with Crippen molar-refractivity contribution in [2.45, 2.75) is 45.1 Å². The summed E-state index contributed by atoms with van der Waals surface area (Å²) in [5, 5.41) is 4.08. The average molecular weight is 390 g/mol. The van der Waals surface area contributed by atoms with Gasteiger partial charge in [-0.05, 0) is 69.5 Å². The largest absolute Gasteiger partial charge is 0.333 e. The molecule has 0 aromatic carbocycles. The van der Waals surface area contributed by atoms with E-state index in [1.54, 1.807) is 12.4 Å². The summed E-state index contributed by atoms with van der Waals surface area (Å²) < 4.78 is 0. The van der Waals surface area contributed by atoms with Crippen LogP contribution in [0.2, 0.25) is 0 Å². The summed E-state index contributed by atoms with van der Waals surface area (Å²) in [6.07, 6.45) is 7.29. The van der Waals surface area contributed by atoms with E-state index in [-0.39, 0.29) is 11.6 Å². The molecular formula is C23H27N5O. The van der Waals surface area contributed by atoms with Crippen molar-refractivity contribution in [1.82, 2.24) is 25.2 Å². The number of pyridine rings is 3. The predicted octanol–water partition coefficient (Wildman–Crippen LogP) is 4.38. The standard InChI is InChI=1S/C23H27N5O/c1-23(2,3)27-22(29)28-12-8-17(9-13-28)20-5-4-18-14-19(15-25-21(18)26-20)16-6-10-24-11-7-16/h4-7,10-11,14-15,17H,8-9,12-13H2,1-3H3,(H,27,29). The molecule has 1 aliphatic heterocycles. The number of nitrogens with zero attached hydrogens (tertiary/aromatic N) is 4. The van der Waals surface area contributed by atoms with Crippen LogP contribution in [0, 0.1) is 0 Å². The van der Waals surface area contributed by atoms with Crippen LogP contribution in [-0.4, -0.2) is 44.5 Å². The lowest BCUT2D eigenvalue weighted by atomic mass is 9.93. The highest BCUT2D eigenvalue weighted by Gasteiger charge is 2.26. The lowest BCUT2D eigenvalue weighted by Crippen LogP contribution is -2.50. The maximum absolute atomic E-state index is 12.4. The van der Waals surface area contributed by atoms with E-state index in [1.165, 1.54) is 0 Å². The third-order valence-electron chi connectivity index (χ3n) is 5.26. The van der Waals surface area contributed by atoms with Gasteiger partial charge in [-0.3, -0.25) is 4.98 Å². The molecule has 4 heterocycles. The zero-order valence-corrected chi connectivity index (χ0v) is 17.2. The molecule has 0 radical (unpaired) electrons. The summed E-state index contributed by atoms with van der Waals surface area (Å²) >= 11 is 0. The van der Waals surface area contributed by atoms with E-state index in [0.717, 1.165) is 53.8 Å². The number of carbonyl (C=O) groups excluding carboxylic acids is 1. The summed E-state index contributed by atoms with van der Waals surface area (Å²) in [5.74, 6) is 0.361. The predicted molar refractivity (Wildman–Crippen MR) is 115 cm³/mol. The third-order valence-corrected chi connectivity index (χ3v) is 5.26. The van der Waals surface area contributed by atoms with Crippen molar-refractivity contribution in [2.24, 2.45) is 0 Å². The molecule has 29 heavy (non-hydrogen) atoms. The number of hydrogen-bond donors (Lipinski definition) is 1. The third kappa shape index (κ3) is 4.53. The fourth-order valence-electron chi connectivity index (χ4n) is 3.73. The highest BCUT2D eigenvalue weighted by molar-refractivity contribution is 5.81. The summed E-state index contributed by atoms with van der Waals surface area (Å²) in [7, 11) is 0. The number of aromatic nitrogens is 3. The molecule has 0 aliphatic carbocycles. The Labute approximate surface area is 171 Å². The second-order valence-electron chi connectivity index (χ2n) is 8.68. The molecule has 0 atom stereocenters. The SMILES string of the molecule is CC(C)(C)NC(=O)N1CCC(c2ccc3cc(-c4ccncc4)cnc3n2)CC1. The molecular weight excluding hydrogens is 362 g/mol.